The molecule has 2 heteroatoms. The van der Waals surface area contributed by atoms with Crippen molar-refractivity contribution in [3.8, 4) is 0 Å². The minimum atomic E-state index is 0.724. The van der Waals surface area contributed by atoms with Gasteiger partial charge in [-0.2, -0.15) is 0 Å². The number of halogens is 1. The van der Waals surface area contributed by atoms with Gasteiger partial charge in [-0.15, -0.1) is 0 Å². The van der Waals surface area contributed by atoms with Crippen LogP contribution < -0.4 is 5.32 Å². The lowest BCUT2D eigenvalue weighted by molar-refractivity contribution is 0.348. The molecule has 0 saturated heterocycles. The molecule has 0 aliphatic rings. The monoisotopic (exact) mass is 353 g/mol. The van der Waals surface area contributed by atoms with Crippen molar-refractivity contribution >= 4 is 15.9 Å². The lowest BCUT2D eigenvalue weighted by Crippen LogP contribution is -2.28. The molecule has 0 radical (unpaired) electrons. The van der Waals surface area contributed by atoms with Crippen LogP contribution in [0.2, 0.25) is 0 Å². The van der Waals surface area contributed by atoms with Crippen molar-refractivity contribution in [2.45, 2.75) is 53.4 Å². The quantitative estimate of drug-likeness (QED) is 0.570. The summed E-state index contributed by atoms with van der Waals surface area (Å²) in [5.41, 5.74) is 1.44. The highest BCUT2D eigenvalue weighted by Gasteiger charge is 2.15. The molecule has 0 saturated carbocycles. The summed E-state index contributed by atoms with van der Waals surface area (Å²) in [5.74, 6) is 2.27. The summed E-state index contributed by atoms with van der Waals surface area (Å²) >= 11 is 3.69. The van der Waals surface area contributed by atoms with Gasteiger partial charge in [0.2, 0.25) is 0 Å². The summed E-state index contributed by atoms with van der Waals surface area (Å²) in [7, 11) is 0. The molecule has 0 aliphatic heterocycles. The van der Waals surface area contributed by atoms with Gasteiger partial charge in [0, 0.05) is 4.47 Å². The fourth-order valence-electron chi connectivity index (χ4n) is 2.97. The number of benzene rings is 1. The summed E-state index contributed by atoms with van der Waals surface area (Å²) in [5, 5.41) is 3.66. The normalized spacial score (nSPS) is 14.4. The molecule has 0 amide bonds. The number of nitrogens with one attached hydrogen (secondary N) is 1. The van der Waals surface area contributed by atoms with E-state index in [2.05, 4.69) is 73.2 Å². The van der Waals surface area contributed by atoms with Crippen LogP contribution in [0.5, 0.6) is 0 Å². The zero-order valence-electron chi connectivity index (χ0n) is 14.2. The Kier molecular flexibility index (Phi) is 9.26. The fraction of sp³-hybridized carbons (Fsp3) is 0.684. The van der Waals surface area contributed by atoms with Crippen molar-refractivity contribution in [3.63, 3.8) is 0 Å². The second-order valence-electron chi connectivity index (χ2n) is 6.84. The van der Waals surface area contributed by atoms with Crippen LogP contribution in [0.15, 0.2) is 28.7 Å². The predicted octanol–water partition coefficient (Wildman–Crippen LogP) is 5.68. The van der Waals surface area contributed by atoms with Crippen molar-refractivity contribution < 1.29 is 0 Å². The van der Waals surface area contributed by atoms with Crippen molar-refractivity contribution in [1.82, 2.24) is 5.32 Å². The van der Waals surface area contributed by atoms with Gasteiger partial charge in [0.15, 0.2) is 0 Å². The standard InChI is InChI=1S/C19H32BrN/c1-5-8-16(4)11-17(14-21-13-15(2)3)12-18-9-6-7-10-19(18)20/h6-7,9-10,15-17,21H,5,8,11-14H2,1-4H3. The first-order chi connectivity index (χ1) is 10.0. The Balaban J connectivity index is 2.60. The second-order valence-corrected chi connectivity index (χ2v) is 7.70. The van der Waals surface area contributed by atoms with Crippen LogP contribution in [0.1, 0.15) is 52.5 Å². The zero-order chi connectivity index (χ0) is 15.7. The summed E-state index contributed by atoms with van der Waals surface area (Å²) in [4.78, 5) is 0. The van der Waals surface area contributed by atoms with E-state index in [1.807, 2.05) is 0 Å². The molecular weight excluding hydrogens is 322 g/mol. The molecule has 0 bridgehead atoms. The van der Waals surface area contributed by atoms with Crippen LogP contribution >= 0.6 is 15.9 Å². The minimum absolute atomic E-state index is 0.724. The molecule has 0 fully saturated rings. The zero-order valence-corrected chi connectivity index (χ0v) is 15.7. The van der Waals surface area contributed by atoms with Gasteiger partial charge in [-0.1, -0.05) is 74.7 Å². The number of hydrogen-bond acceptors (Lipinski definition) is 1. The van der Waals surface area contributed by atoms with Gasteiger partial charge in [0.1, 0.15) is 0 Å². The molecule has 1 aromatic rings. The summed E-state index contributed by atoms with van der Waals surface area (Å²) < 4.78 is 1.25. The van der Waals surface area contributed by atoms with E-state index in [9.17, 15) is 0 Å². The maximum atomic E-state index is 3.69. The van der Waals surface area contributed by atoms with Crippen LogP contribution in [0.25, 0.3) is 0 Å². The van der Waals surface area contributed by atoms with E-state index in [4.69, 9.17) is 0 Å². The SMILES string of the molecule is CCCC(C)CC(CNCC(C)C)Cc1ccccc1Br. The maximum absolute atomic E-state index is 3.69. The molecule has 1 N–H and O–H groups in total. The third-order valence-electron chi connectivity index (χ3n) is 3.97. The topological polar surface area (TPSA) is 12.0 Å². The Hall–Kier alpha value is -0.340. The Morgan fingerprint density at radius 2 is 1.81 bits per heavy atom. The third kappa shape index (κ3) is 8.01. The number of rotatable bonds is 10. The lowest BCUT2D eigenvalue weighted by atomic mass is 9.88. The van der Waals surface area contributed by atoms with Crippen molar-refractivity contribution in [2.24, 2.45) is 17.8 Å². The molecule has 1 rings (SSSR count). The predicted molar refractivity (Wildman–Crippen MR) is 97.7 cm³/mol. The van der Waals surface area contributed by atoms with Crippen LogP contribution in [-0.2, 0) is 6.42 Å². The Morgan fingerprint density at radius 3 is 2.43 bits per heavy atom. The molecule has 0 aromatic heterocycles. The Bertz CT molecular complexity index is 389. The highest BCUT2D eigenvalue weighted by atomic mass is 79.9. The summed E-state index contributed by atoms with van der Waals surface area (Å²) in [6.45, 7) is 11.5. The van der Waals surface area contributed by atoms with Crippen LogP contribution in [-0.4, -0.2) is 13.1 Å². The molecule has 21 heavy (non-hydrogen) atoms. The summed E-state index contributed by atoms with van der Waals surface area (Å²) in [6, 6.07) is 8.65. The van der Waals surface area contributed by atoms with Gasteiger partial charge in [0.05, 0.1) is 0 Å². The Morgan fingerprint density at radius 1 is 1.10 bits per heavy atom. The lowest BCUT2D eigenvalue weighted by Gasteiger charge is -2.22. The first kappa shape index (κ1) is 18.7. The van der Waals surface area contributed by atoms with Gasteiger partial charge in [-0.05, 0) is 55.3 Å². The van der Waals surface area contributed by atoms with Gasteiger partial charge in [0.25, 0.3) is 0 Å². The van der Waals surface area contributed by atoms with Gasteiger partial charge in [-0.25, -0.2) is 0 Å². The maximum Gasteiger partial charge on any atom is 0.0207 e. The van der Waals surface area contributed by atoms with Crippen LogP contribution in [0.3, 0.4) is 0 Å². The van der Waals surface area contributed by atoms with E-state index in [0.29, 0.717) is 0 Å². The van der Waals surface area contributed by atoms with Crippen molar-refractivity contribution in [1.29, 1.82) is 0 Å². The molecule has 0 spiro atoms. The van der Waals surface area contributed by atoms with E-state index in [1.165, 1.54) is 35.7 Å². The van der Waals surface area contributed by atoms with E-state index in [0.717, 1.165) is 30.8 Å². The molecule has 120 valence electrons. The van der Waals surface area contributed by atoms with Crippen LogP contribution in [0.4, 0.5) is 0 Å². The average Bonchev–Trinajstić information content (AvgIpc) is 2.41. The third-order valence-corrected chi connectivity index (χ3v) is 4.74. The molecule has 0 heterocycles. The fourth-order valence-corrected chi connectivity index (χ4v) is 3.42. The molecule has 1 nitrogen and oxygen atoms in total. The Labute approximate surface area is 140 Å². The van der Waals surface area contributed by atoms with Gasteiger partial charge < -0.3 is 5.32 Å². The average molecular weight is 354 g/mol. The molecule has 0 aliphatic carbocycles. The second kappa shape index (κ2) is 10.4. The van der Waals surface area contributed by atoms with E-state index in [-0.39, 0.29) is 0 Å². The number of hydrogen-bond donors (Lipinski definition) is 1. The highest BCUT2D eigenvalue weighted by Crippen LogP contribution is 2.24. The smallest absolute Gasteiger partial charge is 0.0207 e. The molecule has 2 unspecified atom stereocenters. The van der Waals surface area contributed by atoms with Crippen molar-refractivity contribution in [3.05, 3.63) is 34.3 Å². The summed E-state index contributed by atoms with van der Waals surface area (Å²) in [6.07, 6.45) is 5.12. The van der Waals surface area contributed by atoms with E-state index >= 15 is 0 Å². The van der Waals surface area contributed by atoms with Gasteiger partial charge >= 0.3 is 0 Å². The minimum Gasteiger partial charge on any atom is -0.316 e. The first-order valence-electron chi connectivity index (χ1n) is 8.47. The van der Waals surface area contributed by atoms with E-state index in [1.54, 1.807) is 0 Å². The van der Waals surface area contributed by atoms with Crippen LogP contribution in [0, 0.1) is 17.8 Å². The largest absolute Gasteiger partial charge is 0.316 e. The van der Waals surface area contributed by atoms with Gasteiger partial charge in [-0.3, -0.25) is 0 Å². The first-order valence-corrected chi connectivity index (χ1v) is 9.26. The molecule has 2 atom stereocenters. The van der Waals surface area contributed by atoms with Crippen molar-refractivity contribution in [2.75, 3.05) is 13.1 Å². The van der Waals surface area contributed by atoms with E-state index < -0.39 is 0 Å². The molecular formula is C19H32BrN. The molecule has 1 aromatic carbocycles. The highest BCUT2D eigenvalue weighted by molar-refractivity contribution is 9.10.